The van der Waals surface area contributed by atoms with E-state index in [2.05, 4.69) is 45.9 Å². The van der Waals surface area contributed by atoms with Crippen LogP contribution < -0.4 is 14.9 Å². The van der Waals surface area contributed by atoms with Gasteiger partial charge in [-0.05, 0) is 107 Å². The molecule has 1 saturated heterocycles. The Labute approximate surface area is 222 Å². The standard InChI is InChI=1S/C30H41BO6/c1-29(2)30(3,4)37-31(36-29)24-17-21-12-8-10-14-23(21)27(28(24)35-19-33-6)26-22-13-9-7-11-20(22)15-16-25(26)34-18-32-5/h15-17H,7-14,18-19H2,1-6H3. The molecule has 0 amide bonds. The van der Waals surface area contributed by atoms with Crippen molar-refractivity contribution in [2.24, 2.45) is 0 Å². The second-order valence-electron chi connectivity index (χ2n) is 11.5. The monoisotopic (exact) mass is 508 g/mol. The van der Waals surface area contributed by atoms with Crippen LogP contribution in [-0.2, 0) is 44.5 Å². The number of ether oxygens (including phenoxy) is 4. The summed E-state index contributed by atoms with van der Waals surface area (Å²) in [4.78, 5) is 0. The van der Waals surface area contributed by atoms with Crippen molar-refractivity contribution in [2.45, 2.75) is 90.3 Å². The maximum atomic E-state index is 6.57. The van der Waals surface area contributed by atoms with E-state index >= 15 is 0 Å². The van der Waals surface area contributed by atoms with E-state index < -0.39 is 18.3 Å². The van der Waals surface area contributed by atoms with Gasteiger partial charge in [0.25, 0.3) is 0 Å². The molecule has 0 bridgehead atoms. The average Bonchev–Trinajstić information content (AvgIpc) is 3.11. The van der Waals surface area contributed by atoms with E-state index in [4.69, 9.17) is 28.3 Å². The van der Waals surface area contributed by atoms with Crippen molar-refractivity contribution in [1.29, 1.82) is 0 Å². The van der Waals surface area contributed by atoms with Gasteiger partial charge in [-0.15, -0.1) is 0 Å². The van der Waals surface area contributed by atoms with Gasteiger partial charge in [-0.1, -0.05) is 12.1 Å². The van der Waals surface area contributed by atoms with Crippen LogP contribution in [0.1, 0.15) is 75.6 Å². The minimum Gasteiger partial charge on any atom is -0.467 e. The van der Waals surface area contributed by atoms with Gasteiger partial charge in [-0.2, -0.15) is 0 Å². The Morgan fingerprint density at radius 2 is 1.30 bits per heavy atom. The zero-order valence-electron chi connectivity index (χ0n) is 23.3. The Morgan fingerprint density at radius 3 is 1.95 bits per heavy atom. The highest BCUT2D eigenvalue weighted by atomic mass is 16.7. The van der Waals surface area contributed by atoms with Gasteiger partial charge in [0, 0.05) is 30.8 Å². The number of fused-ring (bicyclic) bond motifs is 2. The molecule has 200 valence electrons. The molecule has 1 heterocycles. The zero-order chi connectivity index (χ0) is 26.2. The molecule has 0 N–H and O–H groups in total. The first-order valence-electron chi connectivity index (χ1n) is 13.7. The fraction of sp³-hybridized carbons (Fsp3) is 0.600. The number of benzene rings is 2. The number of hydrogen-bond donors (Lipinski definition) is 0. The predicted molar refractivity (Wildman–Crippen MR) is 146 cm³/mol. The van der Waals surface area contributed by atoms with Crippen molar-refractivity contribution < 1.29 is 28.3 Å². The summed E-state index contributed by atoms with van der Waals surface area (Å²) >= 11 is 0. The minimum atomic E-state index is -0.536. The molecule has 0 aromatic heterocycles. The van der Waals surface area contributed by atoms with E-state index in [9.17, 15) is 0 Å². The van der Waals surface area contributed by atoms with Gasteiger partial charge in [0.1, 0.15) is 11.5 Å². The molecule has 0 radical (unpaired) electrons. The topological polar surface area (TPSA) is 55.4 Å². The first-order chi connectivity index (χ1) is 17.8. The van der Waals surface area contributed by atoms with Gasteiger partial charge in [0.2, 0.25) is 0 Å². The van der Waals surface area contributed by atoms with Crippen LogP contribution in [0.15, 0.2) is 18.2 Å². The summed E-state index contributed by atoms with van der Waals surface area (Å²) in [6.07, 6.45) is 8.85. The van der Waals surface area contributed by atoms with E-state index in [1.807, 2.05) is 0 Å². The molecule has 2 aliphatic carbocycles. The molecular formula is C30H41BO6. The summed E-state index contributed by atoms with van der Waals surface area (Å²) < 4.78 is 36.6. The SMILES string of the molecule is COCOc1ccc2c(c1-c1c3c(cc(B4OC(C)(C)C(C)(C)O4)c1OCOC)CCCC3)CCCC2. The molecule has 3 aliphatic rings. The second-order valence-corrected chi connectivity index (χ2v) is 11.5. The summed E-state index contributed by atoms with van der Waals surface area (Å²) in [6, 6.07) is 6.59. The molecule has 0 saturated carbocycles. The number of aryl methyl sites for hydroxylation is 2. The van der Waals surface area contributed by atoms with Crippen molar-refractivity contribution in [1.82, 2.24) is 0 Å². The Balaban J connectivity index is 1.78. The van der Waals surface area contributed by atoms with Crippen molar-refractivity contribution in [3.05, 3.63) is 40.5 Å². The van der Waals surface area contributed by atoms with Crippen LogP contribution in [0.5, 0.6) is 11.5 Å². The molecule has 6 nitrogen and oxygen atoms in total. The summed E-state index contributed by atoms with van der Waals surface area (Å²) in [7, 11) is 2.78. The van der Waals surface area contributed by atoms with Crippen LogP contribution in [-0.4, -0.2) is 46.1 Å². The lowest BCUT2D eigenvalue weighted by Gasteiger charge is -2.32. The predicted octanol–water partition coefficient (Wildman–Crippen LogP) is 5.38. The Morgan fingerprint density at radius 1 is 0.730 bits per heavy atom. The number of rotatable bonds is 8. The minimum absolute atomic E-state index is 0.140. The lowest BCUT2D eigenvalue weighted by molar-refractivity contribution is 0.00578. The van der Waals surface area contributed by atoms with Crippen molar-refractivity contribution in [3.8, 4) is 22.6 Å². The van der Waals surface area contributed by atoms with Gasteiger partial charge in [0.05, 0.1) is 11.2 Å². The highest BCUT2D eigenvalue weighted by molar-refractivity contribution is 6.63. The third-order valence-corrected chi connectivity index (χ3v) is 8.54. The Hall–Kier alpha value is -2.06. The third-order valence-electron chi connectivity index (χ3n) is 8.54. The summed E-state index contributed by atoms with van der Waals surface area (Å²) in [5.41, 5.74) is 7.73. The van der Waals surface area contributed by atoms with Gasteiger partial charge in [0.15, 0.2) is 13.6 Å². The highest BCUT2D eigenvalue weighted by Crippen LogP contribution is 2.47. The maximum Gasteiger partial charge on any atom is 0.498 e. The van der Waals surface area contributed by atoms with E-state index in [1.165, 1.54) is 41.5 Å². The van der Waals surface area contributed by atoms with Gasteiger partial charge < -0.3 is 28.3 Å². The zero-order valence-corrected chi connectivity index (χ0v) is 23.3. The highest BCUT2D eigenvalue weighted by Gasteiger charge is 2.53. The van der Waals surface area contributed by atoms with Crippen LogP contribution in [0.4, 0.5) is 0 Å². The number of hydrogen-bond acceptors (Lipinski definition) is 6. The maximum absolute atomic E-state index is 6.57. The number of methoxy groups -OCH3 is 2. The molecular weight excluding hydrogens is 467 g/mol. The molecule has 5 rings (SSSR count). The van der Waals surface area contributed by atoms with Crippen LogP contribution in [0.3, 0.4) is 0 Å². The summed E-state index contributed by atoms with van der Waals surface area (Å²) in [5, 5.41) is 0. The largest absolute Gasteiger partial charge is 0.498 e. The molecule has 1 aliphatic heterocycles. The molecule has 0 unspecified atom stereocenters. The summed E-state index contributed by atoms with van der Waals surface area (Å²) in [6.45, 7) is 8.69. The van der Waals surface area contributed by atoms with Crippen LogP contribution in [0.2, 0.25) is 0 Å². The summed E-state index contributed by atoms with van der Waals surface area (Å²) in [5.74, 6) is 1.62. The van der Waals surface area contributed by atoms with E-state index in [0.29, 0.717) is 0 Å². The van der Waals surface area contributed by atoms with Crippen molar-refractivity contribution >= 4 is 12.6 Å². The van der Waals surface area contributed by atoms with E-state index in [0.717, 1.165) is 60.2 Å². The van der Waals surface area contributed by atoms with Crippen molar-refractivity contribution in [2.75, 3.05) is 27.8 Å². The first kappa shape index (κ1) is 26.5. The van der Waals surface area contributed by atoms with Gasteiger partial charge in [-0.3, -0.25) is 0 Å². The molecule has 7 heteroatoms. The van der Waals surface area contributed by atoms with Crippen molar-refractivity contribution in [3.63, 3.8) is 0 Å². The van der Waals surface area contributed by atoms with Gasteiger partial charge >= 0.3 is 7.12 Å². The molecule has 2 aromatic rings. The Bertz CT molecular complexity index is 1130. The van der Waals surface area contributed by atoms with E-state index in [-0.39, 0.29) is 13.6 Å². The van der Waals surface area contributed by atoms with Crippen LogP contribution in [0, 0.1) is 0 Å². The average molecular weight is 508 g/mol. The third kappa shape index (κ3) is 4.92. The normalized spacial score (nSPS) is 19.9. The Kier molecular flexibility index (Phi) is 7.61. The molecule has 37 heavy (non-hydrogen) atoms. The van der Waals surface area contributed by atoms with Crippen LogP contribution >= 0.6 is 0 Å². The molecule has 0 atom stereocenters. The molecule has 2 aromatic carbocycles. The second kappa shape index (κ2) is 10.6. The fourth-order valence-electron chi connectivity index (χ4n) is 5.91. The molecule has 1 fully saturated rings. The van der Waals surface area contributed by atoms with Gasteiger partial charge in [-0.25, -0.2) is 0 Å². The molecule has 0 spiro atoms. The fourth-order valence-corrected chi connectivity index (χ4v) is 5.91. The quantitative estimate of drug-likeness (QED) is 0.353. The smallest absolute Gasteiger partial charge is 0.467 e. The van der Waals surface area contributed by atoms with E-state index in [1.54, 1.807) is 14.2 Å². The first-order valence-corrected chi connectivity index (χ1v) is 13.7. The lowest BCUT2D eigenvalue weighted by Crippen LogP contribution is -2.41. The van der Waals surface area contributed by atoms with Crippen LogP contribution in [0.25, 0.3) is 11.1 Å². The lowest BCUT2D eigenvalue weighted by atomic mass is 9.71.